The molecule has 1 aromatic carbocycles. The smallest absolute Gasteiger partial charge is 0.243 e. The normalized spacial score (nSPS) is 18.3. The van der Waals surface area contributed by atoms with Gasteiger partial charge in [0.25, 0.3) is 0 Å². The number of likely N-dealkylation sites (tertiary alicyclic amines) is 1. The molecule has 152 valence electrons. The van der Waals surface area contributed by atoms with Gasteiger partial charge in [0.2, 0.25) is 11.0 Å². The maximum atomic E-state index is 13.3. The van der Waals surface area contributed by atoms with Gasteiger partial charge < -0.3 is 10.1 Å². The molecule has 0 aliphatic carbocycles. The molecule has 4 rings (SSSR count). The Kier molecular flexibility index (Phi) is 5.86. The Morgan fingerprint density at radius 1 is 1.45 bits per heavy atom. The van der Waals surface area contributed by atoms with Crippen LogP contribution in [0, 0.1) is 5.82 Å². The Labute approximate surface area is 171 Å². The van der Waals surface area contributed by atoms with Gasteiger partial charge in [-0.1, -0.05) is 17.4 Å². The van der Waals surface area contributed by atoms with Gasteiger partial charge >= 0.3 is 0 Å². The standard InChI is InChI=1S/C20H22FN5O2S/c1-13(26-9-3-4-14(12-26)17-7-8-23-25-17)19(27)24-20-22-11-18(29-20)28-16-6-2-5-15(21)10-16/h2,5-8,10-11,13-14H,3-4,9,12H2,1H3,(H,23,25)(H,22,24,27). The zero-order chi connectivity index (χ0) is 20.2. The lowest BCUT2D eigenvalue weighted by molar-refractivity contribution is -0.121. The molecule has 0 spiro atoms. The van der Waals surface area contributed by atoms with E-state index in [2.05, 4.69) is 25.4 Å². The molecule has 2 atom stereocenters. The highest BCUT2D eigenvalue weighted by molar-refractivity contribution is 7.17. The zero-order valence-corrected chi connectivity index (χ0v) is 16.8. The van der Waals surface area contributed by atoms with Gasteiger partial charge in [-0.3, -0.25) is 14.8 Å². The van der Waals surface area contributed by atoms with Crippen molar-refractivity contribution in [3.8, 4) is 10.8 Å². The number of nitrogens with zero attached hydrogens (tertiary/aromatic N) is 3. The number of anilines is 1. The monoisotopic (exact) mass is 415 g/mol. The number of benzene rings is 1. The highest BCUT2D eigenvalue weighted by atomic mass is 32.1. The largest absolute Gasteiger partial charge is 0.445 e. The summed E-state index contributed by atoms with van der Waals surface area (Å²) in [5, 5.41) is 10.9. The van der Waals surface area contributed by atoms with E-state index in [1.807, 2.05) is 13.0 Å². The molecule has 9 heteroatoms. The second kappa shape index (κ2) is 8.71. The summed E-state index contributed by atoms with van der Waals surface area (Å²) >= 11 is 1.21. The van der Waals surface area contributed by atoms with Crippen LogP contribution in [0.15, 0.2) is 42.7 Å². The van der Waals surface area contributed by atoms with Crippen LogP contribution in [0.25, 0.3) is 0 Å². The first-order valence-corrected chi connectivity index (χ1v) is 10.3. The van der Waals surface area contributed by atoms with E-state index < -0.39 is 0 Å². The lowest BCUT2D eigenvalue weighted by Crippen LogP contribution is -2.46. The fourth-order valence-electron chi connectivity index (χ4n) is 3.49. The summed E-state index contributed by atoms with van der Waals surface area (Å²) in [7, 11) is 0. The third-order valence-corrected chi connectivity index (χ3v) is 5.86. The minimum Gasteiger partial charge on any atom is -0.445 e. The van der Waals surface area contributed by atoms with E-state index in [1.54, 1.807) is 18.3 Å². The average molecular weight is 415 g/mol. The molecule has 1 fully saturated rings. The first-order valence-electron chi connectivity index (χ1n) is 9.52. The van der Waals surface area contributed by atoms with Gasteiger partial charge in [-0.25, -0.2) is 9.37 Å². The van der Waals surface area contributed by atoms with Crippen LogP contribution in [0.5, 0.6) is 10.8 Å². The van der Waals surface area contributed by atoms with Gasteiger partial charge in [-0.05, 0) is 44.5 Å². The van der Waals surface area contributed by atoms with E-state index in [0.29, 0.717) is 21.9 Å². The van der Waals surface area contributed by atoms with E-state index in [4.69, 9.17) is 4.74 Å². The molecule has 3 aromatic rings. The number of ether oxygens (including phenoxy) is 1. The molecular weight excluding hydrogens is 393 g/mol. The predicted octanol–water partition coefficient (Wildman–Crippen LogP) is 4.00. The Bertz CT molecular complexity index is 961. The van der Waals surface area contributed by atoms with Crippen LogP contribution in [0.1, 0.15) is 31.4 Å². The van der Waals surface area contributed by atoms with Crippen molar-refractivity contribution in [1.82, 2.24) is 20.1 Å². The number of hydrogen-bond donors (Lipinski definition) is 2. The number of halogens is 1. The van der Waals surface area contributed by atoms with E-state index >= 15 is 0 Å². The lowest BCUT2D eigenvalue weighted by Gasteiger charge is -2.35. The second-order valence-electron chi connectivity index (χ2n) is 7.06. The van der Waals surface area contributed by atoms with Crippen molar-refractivity contribution in [2.75, 3.05) is 18.4 Å². The van der Waals surface area contributed by atoms with Crippen molar-refractivity contribution in [3.63, 3.8) is 0 Å². The molecule has 7 nitrogen and oxygen atoms in total. The number of thiazole rings is 1. The first-order chi connectivity index (χ1) is 14.1. The summed E-state index contributed by atoms with van der Waals surface area (Å²) in [6.07, 6.45) is 5.39. The first kappa shape index (κ1) is 19.5. The molecule has 1 amide bonds. The minimum atomic E-state index is -0.371. The fourth-order valence-corrected chi connectivity index (χ4v) is 4.18. The Balaban J connectivity index is 1.34. The van der Waals surface area contributed by atoms with E-state index in [1.165, 1.54) is 29.7 Å². The lowest BCUT2D eigenvalue weighted by atomic mass is 9.94. The number of H-pyrrole nitrogens is 1. The van der Waals surface area contributed by atoms with Crippen LogP contribution >= 0.6 is 11.3 Å². The van der Waals surface area contributed by atoms with Gasteiger partial charge in [-0.2, -0.15) is 5.10 Å². The Hall–Kier alpha value is -2.78. The van der Waals surface area contributed by atoms with Crippen LogP contribution in [0.2, 0.25) is 0 Å². The highest BCUT2D eigenvalue weighted by Gasteiger charge is 2.29. The topological polar surface area (TPSA) is 83.1 Å². The number of piperidine rings is 1. The number of carbonyl (C=O) groups is 1. The number of amides is 1. The molecule has 0 bridgehead atoms. The number of rotatable bonds is 6. The number of hydrogen-bond acceptors (Lipinski definition) is 6. The molecule has 29 heavy (non-hydrogen) atoms. The molecule has 1 aliphatic heterocycles. The SMILES string of the molecule is CC(C(=O)Nc1ncc(Oc2cccc(F)c2)s1)N1CCCC(c2ccn[nH]2)C1. The molecule has 2 aromatic heterocycles. The Morgan fingerprint density at radius 2 is 2.34 bits per heavy atom. The number of aromatic amines is 1. The third-order valence-electron chi connectivity index (χ3n) is 5.07. The molecule has 3 heterocycles. The van der Waals surface area contributed by atoms with Crippen LogP contribution in [0.4, 0.5) is 9.52 Å². The van der Waals surface area contributed by atoms with Gasteiger partial charge in [0.1, 0.15) is 11.6 Å². The van der Waals surface area contributed by atoms with Gasteiger partial charge in [0.15, 0.2) is 5.13 Å². The van der Waals surface area contributed by atoms with E-state index in [0.717, 1.165) is 31.6 Å². The van der Waals surface area contributed by atoms with Crippen molar-refractivity contribution in [2.24, 2.45) is 0 Å². The van der Waals surface area contributed by atoms with Crippen LogP contribution in [-0.4, -0.2) is 45.1 Å². The number of aromatic nitrogens is 3. The van der Waals surface area contributed by atoms with Crippen molar-refractivity contribution in [1.29, 1.82) is 0 Å². The van der Waals surface area contributed by atoms with E-state index in [-0.39, 0.29) is 17.8 Å². The van der Waals surface area contributed by atoms with Gasteiger partial charge in [-0.15, -0.1) is 0 Å². The zero-order valence-electron chi connectivity index (χ0n) is 16.0. The quantitative estimate of drug-likeness (QED) is 0.636. The maximum absolute atomic E-state index is 13.3. The average Bonchev–Trinajstić information content (AvgIpc) is 3.40. The minimum absolute atomic E-state index is 0.109. The summed E-state index contributed by atoms with van der Waals surface area (Å²) in [5.41, 5.74) is 1.11. The highest BCUT2D eigenvalue weighted by Crippen LogP contribution is 2.31. The molecule has 2 N–H and O–H groups in total. The summed E-state index contributed by atoms with van der Waals surface area (Å²) < 4.78 is 18.9. The molecule has 0 saturated carbocycles. The summed E-state index contributed by atoms with van der Waals surface area (Å²) in [6, 6.07) is 7.60. The Morgan fingerprint density at radius 3 is 3.14 bits per heavy atom. The predicted molar refractivity (Wildman–Crippen MR) is 109 cm³/mol. The molecule has 1 aliphatic rings. The summed E-state index contributed by atoms with van der Waals surface area (Å²) in [4.78, 5) is 19.1. The summed E-state index contributed by atoms with van der Waals surface area (Å²) in [5.74, 6) is 0.261. The summed E-state index contributed by atoms with van der Waals surface area (Å²) in [6.45, 7) is 3.59. The van der Waals surface area contributed by atoms with Crippen molar-refractivity contribution in [3.05, 3.63) is 54.2 Å². The molecule has 1 saturated heterocycles. The van der Waals surface area contributed by atoms with E-state index in [9.17, 15) is 9.18 Å². The number of carbonyl (C=O) groups excluding carboxylic acids is 1. The molecular formula is C20H22FN5O2S. The fraction of sp³-hybridized carbons (Fsp3) is 0.350. The van der Waals surface area contributed by atoms with Crippen LogP contribution in [-0.2, 0) is 4.79 Å². The van der Waals surface area contributed by atoms with Crippen molar-refractivity contribution >= 4 is 22.4 Å². The van der Waals surface area contributed by atoms with Gasteiger partial charge in [0.05, 0.1) is 12.2 Å². The van der Waals surface area contributed by atoms with Crippen LogP contribution < -0.4 is 10.1 Å². The van der Waals surface area contributed by atoms with Crippen molar-refractivity contribution < 1.29 is 13.9 Å². The van der Waals surface area contributed by atoms with Crippen molar-refractivity contribution in [2.45, 2.75) is 31.7 Å². The second-order valence-corrected chi connectivity index (χ2v) is 8.05. The third kappa shape index (κ3) is 4.80. The van der Waals surface area contributed by atoms with Gasteiger partial charge in [0, 0.05) is 30.4 Å². The van der Waals surface area contributed by atoms with Crippen LogP contribution in [0.3, 0.4) is 0 Å². The maximum Gasteiger partial charge on any atom is 0.243 e. The molecule has 2 unspecified atom stereocenters. The number of nitrogens with one attached hydrogen (secondary N) is 2. The molecule has 0 radical (unpaired) electrons.